The molecule has 1 fully saturated rings. The molecular weight excluding hydrogens is 306 g/mol. The zero-order valence-electron chi connectivity index (χ0n) is 12.7. The lowest BCUT2D eigenvalue weighted by Crippen LogP contribution is -2.47. The lowest BCUT2D eigenvalue weighted by molar-refractivity contribution is -0.146. The summed E-state index contributed by atoms with van der Waals surface area (Å²) in [7, 11) is -3.78. The molecule has 0 amide bonds. The quantitative estimate of drug-likeness (QED) is 0.795. The fourth-order valence-electron chi connectivity index (χ4n) is 2.34. The van der Waals surface area contributed by atoms with E-state index in [9.17, 15) is 13.2 Å². The van der Waals surface area contributed by atoms with Gasteiger partial charge in [0, 0.05) is 12.5 Å². The van der Waals surface area contributed by atoms with E-state index in [4.69, 9.17) is 9.47 Å². The van der Waals surface area contributed by atoms with Crippen LogP contribution in [0.2, 0.25) is 0 Å². The Kier molecular flexibility index (Phi) is 5.55. The fourth-order valence-corrected chi connectivity index (χ4v) is 3.59. The van der Waals surface area contributed by atoms with Gasteiger partial charge in [0.25, 0.3) is 0 Å². The number of rotatable bonds is 6. The second-order valence-corrected chi connectivity index (χ2v) is 7.00. The molecule has 0 aromatic heterocycles. The van der Waals surface area contributed by atoms with Crippen molar-refractivity contribution in [3.8, 4) is 0 Å². The standard InChI is InChI=1S/C15H21NO5S/c1-3-21-15(17)14(12-8-9-20-10-12)16-22(18,19)13-6-4-11(2)5-7-13/h4-7,12,14,16H,3,8-10H2,1-2H3/t12?,14-/m0/s1. The summed E-state index contributed by atoms with van der Waals surface area (Å²) < 4.78 is 37.6. The zero-order valence-corrected chi connectivity index (χ0v) is 13.6. The third-order valence-corrected chi connectivity index (χ3v) is 5.05. The molecule has 0 radical (unpaired) electrons. The molecule has 1 saturated heterocycles. The normalized spacial score (nSPS) is 19.8. The molecule has 1 heterocycles. The first-order chi connectivity index (χ1) is 10.4. The van der Waals surface area contributed by atoms with Crippen molar-refractivity contribution < 1.29 is 22.7 Å². The molecule has 2 rings (SSSR count). The van der Waals surface area contributed by atoms with Gasteiger partial charge >= 0.3 is 5.97 Å². The number of hydrogen-bond donors (Lipinski definition) is 1. The smallest absolute Gasteiger partial charge is 0.324 e. The van der Waals surface area contributed by atoms with Crippen LogP contribution in [0, 0.1) is 12.8 Å². The third kappa shape index (κ3) is 4.06. The first-order valence-electron chi connectivity index (χ1n) is 7.27. The van der Waals surface area contributed by atoms with E-state index in [1.807, 2.05) is 6.92 Å². The van der Waals surface area contributed by atoms with Crippen molar-refractivity contribution in [2.24, 2.45) is 5.92 Å². The predicted molar refractivity (Wildman–Crippen MR) is 80.8 cm³/mol. The van der Waals surface area contributed by atoms with Crippen LogP contribution in [0.3, 0.4) is 0 Å². The predicted octanol–water partition coefficient (Wildman–Crippen LogP) is 1.24. The van der Waals surface area contributed by atoms with Crippen LogP contribution in [-0.4, -0.2) is 40.2 Å². The van der Waals surface area contributed by atoms with Gasteiger partial charge in [0.05, 0.1) is 18.1 Å². The Labute approximate surface area is 130 Å². The number of carbonyl (C=O) groups excluding carboxylic acids is 1. The average Bonchev–Trinajstić information content (AvgIpc) is 2.99. The molecule has 1 N–H and O–H groups in total. The summed E-state index contributed by atoms with van der Waals surface area (Å²) in [5.41, 5.74) is 0.963. The van der Waals surface area contributed by atoms with Crippen LogP contribution in [0.4, 0.5) is 0 Å². The van der Waals surface area contributed by atoms with Gasteiger partial charge < -0.3 is 9.47 Å². The highest BCUT2D eigenvalue weighted by Gasteiger charge is 2.36. The van der Waals surface area contributed by atoms with E-state index in [0.717, 1.165) is 5.56 Å². The summed E-state index contributed by atoms with van der Waals surface area (Å²) in [6.45, 7) is 4.64. The Hall–Kier alpha value is -1.44. The van der Waals surface area contributed by atoms with E-state index >= 15 is 0 Å². The largest absolute Gasteiger partial charge is 0.465 e. The van der Waals surface area contributed by atoms with Crippen LogP contribution < -0.4 is 4.72 Å². The number of sulfonamides is 1. The number of nitrogens with one attached hydrogen (secondary N) is 1. The maximum Gasteiger partial charge on any atom is 0.324 e. The molecule has 2 atom stereocenters. The van der Waals surface area contributed by atoms with Crippen molar-refractivity contribution >= 4 is 16.0 Å². The third-order valence-electron chi connectivity index (χ3n) is 3.59. The van der Waals surface area contributed by atoms with Crippen LogP contribution in [0.15, 0.2) is 29.2 Å². The fraction of sp³-hybridized carbons (Fsp3) is 0.533. The first-order valence-corrected chi connectivity index (χ1v) is 8.75. The van der Waals surface area contributed by atoms with Crippen molar-refractivity contribution in [3.05, 3.63) is 29.8 Å². The molecule has 0 spiro atoms. The van der Waals surface area contributed by atoms with Crippen molar-refractivity contribution in [3.63, 3.8) is 0 Å². The molecule has 122 valence electrons. The van der Waals surface area contributed by atoms with E-state index in [2.05, 4.69) is 4.72 Å². The van der Waals surface area contributed by atoms with Crippen LogP contribution in [0.5, 0.6) is 0 Å². The molecular formula is C15H21NO5S. The van der Waals surface area contributed by atoms with Gasteiger partial charge in [-0.2, -0.15) is 4.72 Å². The summed E-state index contributed by atoms with van der Waals surface area (Å²) in [4.78, 5) is 12.2. The maximum absolute atomic E-state index is 12.5. The van der Waals surface area contributed by atoms with E-state index in [-0.39, 0.29) is 17.4 Å². The second-order valence-electron chi connectivity index (χ2n) is 5.29. The Morgan fingerprint density at radius 3 is 2.64 bits per heavy atom. The van der Waals surface area contributed by atoms with E-state index in [1.165, 1.54) is 12.1 Å². The summed E-state index contributed by atoms with van der Waals surface area (Å²) in [5, 5.41) is 0. The Morgan fingerprint density at radius 1 is 1.41 bits per heavy atom. The molecule has 1 aromatic carbocycles. The topological polar surface area (TPSA) is 81.7 Å². The number of carbonyl (C=O) groups is 1. The molecule has 0 aliphatic carbocycles. The van der Waals surface area contributed by atoms with Gasteiger partial charge in [0.15, 0.2) is 0 Å². The van der Waals surface area contributed by atoms with Crippen molar-refractivity contribution in [1.82, 2.24) is 4.72 Å². The Morgan fingerprint density at radius 2 is 2.09 bits per heavy atom. The summed E-state index contributed by atoms with van der Waals surface area (Å²) in [6, 6.07) is 5.55. The molecule has 1 aliphatic heterocycles. The van der Waals surface area contributed by atoms with E-state index in [0.29, 0.717) is 19.6 Å². The van der Waals surface area contributed by atoms with Gasteiger partial charge in [-0.15, -0.1) is 0 Å². The van der Waals surface area contributed by atoms with Gasteiger partial charge in [-0.25, -0.2) is 8.42 Å². The van der Waals surface area contributed by atoms with Crippen molar-refractivity contribution in [1.29, 1.82) is 0 Å². The number of benzene rings is 1. The molecule has 1 unspecified atom stereocenters. The van der Waals surface area contributed by atoms with Crippen LogP contribution in [0.25, 0.3) is 0 Å². The number of esters is 1. The molecule has 0 saturated carbocycles. The molecule has 7 heteroatoms. The second kappa shape index (κ2) is 7.21. The number of hydrogen-bond acceptors (Lipinski definition) is 5. The van der Waals surface area contributed by atoms with Gasteiger partial charge in [0.1, 0.15) is 6.04 Å². The molecule has 22 heavy (non-hydrogen) atoms. The molecule has 1 aliphatic rings. The van der Waals surface area contributed by atoms with E-state index < -0.39 is 22.0 Å². The number of aryl methyl sites for hydroxylation is 1. The minimum Gasteiger partial charge on any atom is -0.465 e. The van der Waals surface area contributed by atoms with Crippen LogP contribution >= 0.6 is 0 Å². The minimum absolute atomic E-state index is 0.131. The summed E-state index contributed by atoms with van der Waals surface area (Å²) in [5.74, 6) is -0.770. The lowest BCUT2D eigenvalue weighted by Gasteiger charge is -2.21. The van der Waals surface area contributed by atoms with Crippen LogP contribution in [-0.2, 0) is 24.3 Å². The maximum atomic E-state index is 12.5. The van der Waals surface area contributed by atoms with Crippen molar-refractivity contribution in [2.75, 3.05) is 19.8 Å². The summed E-state index contributed by atoms with van der Waals surface area (Å²) >= 11 is 0. The SMILES string of the molecule is CCOC(=O)[C@@H](NS(=O)(=O)c1ccc(C)cc1)C1CCOC1. The highest BCUT2D eigenvalue weighted by molar-refractivity contribution is 7.89. The Balaban J connectivity index is 2.21. The van der Waals surface area contributed by atoms with Gasteiger partial charge in [-0.05, 0) is 32.4 Å². The average molecular weight is 327 g/mol. The van der Waals surface area contributed by atoms with Gasteiger partial charge in [-0.1, -0.05) is 17.7 Å². The molecule has 1 aromatic rings. The van der Waals surface area contributed by atoms with Gasteiger partial charge in [-0.3, -0.25) is 4.79 Å². The highest BCUT2D eigenvalue weighted by Crippen LogP contribution is 2.20. The lowest BCUT2D eigenvalue weighted by atomic mass is 10.0. The molecule has 6 nitrogen and oxygen atoms in total. The summed E-state index contributed by atoms with van der Waals surface area (Å²) in [6.07, 6.45) is 0.625. The zero-order chi connectivity index (χ0) is 16.2. The van der Waals surface area contributed by atoms with E-state index in [1.54, 1.807) is 19.1 Å². The minimum atomic E-state index is -3.78. The highest BCUT2D eigenvalue weighted by atomic mass is 32.2. The molecule has 0 bridgehead atoms. The van der Waals surface area contributed by atoms with Crippen molar-refractivity contribution in [2.45, 2.75) is 31.2 Å². The first kappa shape index (κ1) is 16.9. The monoisotopic (exact) mass is 327 g/mol. The Bertz CT molecular complexity index is 605. The van der Waals surface area contributed by atoms with Gasteiger partial charge in [0.2, 0.25) is 10.0 Å². The number of ether oxygens (including phenoxy) is 2. The van der Waals surface area contributed by atoms with Crippen LogP contribution in [0.1, 0.15) is 18.9 Å².